The van der Waals surface area contributed by atoms with E-state index >= 15 is 0 Å². The Labute approximate surface area is 260 Å². The third-order valence-electron chi connectivity index (χ3n) is 8.90. The number of piperazine rings is 1. The Hall–Kier alpha value is -4.16. The second-order valence-electron chi connectivity index (χ2n) is 13.1. The molecule has 0 spiro atoms. The number of carbonyl (C=O) groups is 1. The van der Waals surface area contributed by atoms with Crippen molar-refractivity contribution in [1.82, 2.24) is 19.8 Å². The number of allylic oxidation sites excluding steroid dienone is 1. The number of nitriles is 1. The first-order chi connectivity index (χ1) is 21.2. The third kappa shape index (κ3) is 6.36. The lowest BCUT2D eigenvalue weighted by Gasteiger charge is -2.42. The monoisotopic (exact) mass is 594 g/mol. The van der Waals surface area contributed by atoms with Crippen LogP contribution < -0.4 is 9.64 Å². The Bertz CT molecular complexity index is 1600. The van der Waals surface area contributed by atoms with Crippen molar-refractivity contribution >= 4 is 34.3 Å². The van der Waals surface area contributed by atoms with E-state index in [0.29, 0.717) is 38.3 Å². The molecule has 1 amide bonds. The summed E-state index contributed by atoms with van der Waals surface area (Å²) in [4.78, 5) is 29.2. The van der Waals surface area contributed by atoms with E-state index in [9.17, 15) is 10.1 Å². The Balaban J connectivity index is 1.34. The number of ether oxygens (including phenoxy) is 2. The lowest BCUT2D eigenvalue weighted by molar-refractivity contribution is 0.0144. The lowest BCUT2D eigenvalue weighted by atomic mass is 9.88. The molecule has 2 fully saturated rings. The van der Waals surface area contributed by atoms with Gasteiger partial charge in [-0.25, -0.2) is 4.79 Å². The highest BCUT2D eigenvalue weighted by Gasteiger charge is 2.35. The van der Waals surface area contributed by atoms with Gasteiger partial charge in [0.1, 0.15) is 18.0 Å². The minimum atomic E-state index is -0.606. The summed E-state index contributed by atoms with van der Waals surface area (Å²) in [5, 5.41) is 12.1. The zero-order valence-corrected chi connectivity index (χ0v) is 26.3. The van der Waals surface area contributed by atoms with Crippen LogP contribution in [-0.2, 0) is 11.2 Å². The lowest BCUT2D eigenvalue weighted by Crippen LogP contribution is -2.56. The molecule has 2 saturated heterocycles. The molecule has 44 heavy (non-hydrogen) atoms. The van der Waals surface area contributed by atoms with Crippen LogP contribution >= 0.6 is 0 Å². The maximum Gasteiger partial charge on any atom is 0.410 e. The van der Waals surface area contributed by atoms with Crippen molar-refractivity contribution < 1.29 is 14.3 Å². The van der Waals surface area contributed by atoms with Crippen LogP contribution in [0, 0.1) is 11.3 Å². The summed E-state index contributed by atoms with van der Waals surface area (Å²) in [6.45, 7) is 8.70. The van der Waals surface area contributed by atoms with E-state index in [2.05, 4.69) is 71.5 Å². The minimum absolute atomic E-state index is 0.214. The normalized spacial score (nSPS) is 20.7. The zero-order chi connectivity index (χ0) is 30.8. The van der Waals surface area contributed by atoms with E-state index in [1.807, 2.05) is 20.8 Å². The number of hydrogen-bond acceptors (Lipinski definition) is 8. The molecule has 3 aromatic rings. The van der Waals surface area contributed by atoms with Crippen molar-refractivity contribution in [2.45, 2.75) is 70.6 Å². The van der Waals surface area contributed by atoms with Crippen LogP contribution in [0.4, 0.5) is 10.6 Å². The maximum absolute atomic E-state index is 13.0. The predicted molar refractivity (Wildman–Crippen MR) is 172 cm³/mol. The van der Waals surface area contributed by atoms with E-state index in [1.165, 1.54) is 28.3 Å². The summed E-state index contributed by atoms with van der Waals surface area (Å²) in [6, 6.07) is 17.6. The number of benzene rings is 2. The summed E-state index contributed by atoms with van der Waals surface area (Å²) < 4.78 is 12.0. The fourth-order valence-electron chi connectivity index (χ4n) is 6.62. The molecule has 0 saturated carbocycles. The van der Waals surface area contributed by atoms with Gasteiger partial charge in [-0.15, -0.1) is 0 Å². The first-order valence-corrected chi connectivity index (χ1v) is 15.7. The summed E-state index contributed by atoms with van der Waals surface area (Å²) >= 11 is 0. The van der Waals surface area contributed by atoms with Crippen molar-refractivity contribution in [1.29, 1.82) is 5.26 Å². The van der Waals surface area contributed by atoms with Gasteiger partial charge >= 0.3 is 12.1 Å². The van der Waals surface area contributed by atoms with Crippen LogP contribution in [0.15, 0.2) is 42.5 Å². The average molecular weight is 595 g/mol. The molecule has 0 N–H and O–H groups in total. The maximum atomic E-state index is 13.0. The van der Waals surface area contributed by atoms with Crippen molar-refractivity contribution in [2.75, 3.05) is 44.7 Å². The number of carbonyl (C=O) groups excluding carboxylic acids is 1. The van der Waals surface area contributed by atoms with E-state index in [-0.39, 0.29) is 18.6 Å². The first kappa shape index (κ1) is 29.9. The molecule has 1 aromatic heterocycles. The number of hydrogen-bond donors (Lipinski definition) is 0. The molecule has 1 aliphatic carbocycles. The van der Waals surface area contributed by atoms with Crippen LogP contribution in [0.2, 0.25) is 0 Å². The van der Waals surface area contributed by atoms with Gasteiger partial charge in [0.2, 0.25) is 0 Å². The molecule has 9 nitrogen and oxygen atoms in total. The molecule has 230 valence electrons. The van der Waals surface area contributed by atoms with Gasteiger partial charge in [0.15, 0.2) is 0 Å². The third-order valence-corrected chi connectivity index (χ3v) is 8.90. The molecule has 0 unspecified atom stereocenters. The summed E-state index contributed by atoms with van der Waals surface area (Å²) in [5.74, 6) is 0.838. The number of aromatic nitrogens is 2. The smallest absolute Gasteiger partial charge is 0.410 e. The number of likely N-dealkylation sites (tertiary alicyclic amines) is 1. The molecular weight excluding hydrogens is 552 g/mol. The predicted octanol–water partition coefficient (Wildman–Crippen LogP) is 5.93. The highest BCUT2D eigenvalue weighted by atomic mass is 16.6. The highest BCUT2D eigenvalue weighted by molar-refractivity contribution is 5.98. The first-order valence-electron chi connectivity index (χ1n) is 15.7. The van der Waals surface area contributed by atoms with E-state index in [0.717, 1.165) is 42.9 Å². The van der Waals surface area contributed by atoms with E-state index < -0.39 is 5.60 Å². The van der Waals surface area contributed by atoms with Gasteiger partial charge in [0.25, 0.3) is 0 Å². The van der Waals surface area contributed by atoms with Gasteiger partial charge in [-0.05, 0) is 88.0 Å². The topological polar surface area (TPSA) is 94.8 Å². The van der Waals surface area contributed by atoms with Crippen LogP contribution in [0.25, 0.3) is 22.4 Å². The second-order valence-corrected chi connectivity index (χ2v) is 13.1. The van der Waals surface area contributed by atoms with Crippen molar-refractivity contribution in [2.24, 2.45) is 0 Å². The molecular formula is C35H42N6O3. The van der Waals surface area contributed by atoms with Gasteiger partial charge in [-0.2, -0.15) is 15.2 Å². The van der Waals surface area contributed by atoms with Crippen molar-refractivity contribution in [3.8, 4) is 12.1 Å². The van der Waals surface area contributed by atoms with Crippen LogP contribution in [-0.4, -0.2) is 83.4 Å². The van der Waals surface area contributed by atoms with Gasteiger partial charge in [0.05, 0.1) is 24.2 Å². The second kappa shape index (κ2) is 12.4. The number of anilines is 1. The molecule has 3 aliphatic rings. The van der Waals surface area contributed by atoms with Crippen molar-refractivity contribution in [3.05, 3.63) is 59.3 Å². The Morgan fingerprint density at radius 2 is 1.86 bits per heavy atom. The minimum Gasteiger partial charge on any atom is -0.462 e. The molecule has 0 bridgehead atoms. The summed E-state index contributed by atoms with van der Waals surface area (Å²) in [7, 11) is 2.14. The molecule has 6 rings (SSSR count). The number of likely N-dealkylation sites (N-methyl/N-ethyl adjacent to an activating group) is 1. The molecule has 2 atom stereocenters. The summed E-state index contributed by atoms with van der Waals surface area (Å²) in [6.07, 6.45) is 5.96. The molecule has 2 aliphatic heterocycles. The van der Waals surface area contributed by atoms with Crippen LogP contribution in [0.1, 0.15) is 63.3 Å². The standard InChI is InChI=1S/C35H42N6O3/c1-35(2,3)44-34(42)41-20-19-40(22-26(41)16-17-36)32-30-15-14-25(29-13-7-10-24-9-5-6-12-28(24)29)21-31(30)37-33(38-32)43-23-27-11-8-18-39(27)4/h5-7,9-10,12-13,21,26-27H,8,11,14-16,18-20,22-23H2,1-4H3/t26-,27-/m0/s1. The van der Waals surface area contributed by atoms with Gasteiger partial charge < -0.3 is 24.2 Å². The quantitative estimate of drug-likeness (QED) is 0.347. The van der Waals surface area contributed by atoms with Crippen LogP contribution in [0.5, 0.6) is 6.01 Å². The van der Waals surface area contributed by atoms with E-state index in [4.69, 9.17) is 19.4 Å². The SMILES string of the molecule is CN1CCC[C@H]1COc1nc2c(c(N3CCN(C(=O)OC(C)(C)C)[C@@H](CC#N)C3)n1)CCC(c1cccc3ccccc13)=C2. The number of amides is 1. The van der Waals surface area contributed by atoms with E-state index in [1.54, 1.807) is 4.90 Å². The van der Waals surface area contributed by atoms with Gasteiger partial charge in [-0.3, -0.25) is 0 Å². The molecule has 2 aromatic carbocycles. The Morgan fingerprint density at radius 1 is 1.05 bits per heavy atom. The molecule has 3 heterocycles. The molecule has 9 heteroatoms. The van der Waals surface area contributed by atoms with Gasteiger partial charge in [0, 0.05) is 31.2 Å². The van der Waals surface area contributed by atoms with Crippen LogP contribution in [0.3, 0.4) is 0 Å². The fraction of sp³-hybridized carbons (Fsp3) is 0.486. The Morgan fingerprint density at radius 3 is 2.64 bits per heavy atom. The van der Waals surface area contributed by atoms with Crippen molar-refractivity contribution in [3.63, 3.8) is 0 Å². The molecule has 0 radical (unpaired) electrons. The highest BCUT2D eigenvalue weighted by Crippen LogP contribution is 2.38. The Kier molecular flexibility index (Phi) is 8.46. The number of fused-ring (bicyclic) bond motifs is 2. The van der Waals surface area contributed by atoms with Gasteiger partial charge in [-0.1, -0.05) is 42.5 Å². The zero-order valence-electron chi connectivity index (χ0n) is 26.3. The number of rotatable bonds is 6. The fourth-order valence-corrected chi connectivity index (χ4v) is 6.62. The number of nitrogens with zero attached hydrogens (tertiary/aromatic N) is 6. The largest absolute Gasteiger partial charge is 0.462 e. The average Bonchev–Trinajstić information content (AvgIpc) is 3.42. The summed E-state index contributed by atoms with van der Waals surface area (Å²) in [5.41, 5.74) is 3.83.